The number of carbonyl (C=O) groups excluding carboxylic acids is 1. The zero-order valence-electron chi connectivity index (χ0n) is 15.4. The fraction of sp³-hybridized carbons (Fsp3) is 0.286. The van der Waals surface area contributed by atoms with Crippen LogP contribution in [-0.2, 0) is 13.0 Å². The molecule has 1 aliphatic rings. The second-order valence-electron chi connectivity index (χ2n) is 6.71. The molecule has 0 saturated carbocycles. The minimum absolute atomic E-state index is 0.0558. The van der Waals surface area contributed by atoms with E-state index in [0.29, 0.717) is 29.6 Å². The molecule has 0 aliphatic carbocycles. The predicted octanol–water partition coefficient (Wildman–Crippen LogP) is 3.86. The Balaban J connectivity index is 1.60. The smallest absolute Gasteiger partial charge is 0.262 e. The van der Waals surface area contributed by atoms with E-state index >= 15 is 0 Å². The second kappa shape index (κ2) is 7.23. The van der Waals surface area contributed by atoms with Crippen LogP contribution in [0, 0.1) is 13.8 Å². The summed E-state index contributed by atoms with van der Waals surface area (Å²) in [5, 5.41) is 3.83. The van der Waals surface area contributed by atoms with Gasteiger partial charge in [0.05, 0.1) is 5.56 Å². The van der Waals surface area contributed by atoms with Gasteiger partial charge in [-0.05, 0) is 43.5 Å². The summed E-state index contributed by atoms with van der Waals surface area (Å²) in [6, 6.07) is 13.5. The number of carbonyl (C=O) groups is 1. The van der Waals surface area contributed by atoms with Gasteiger partial charge < -0.3 is 14.2 Å². The Bertz CT molecular complexity index is 980. The molecule has 0 spiro atoms. The average molecular weight is 363 g/mol. The Kier molecular flexibility index (Phi) is 4.62. The second-order valence-corrected chi connectivity index (χ2v) is 6.71. The predicted molar refractivity (Wildman–Crippen MR) is 101 cm³/mol. The van der Waals surface area contributed by atoms with E-state index in [1.54, 1.807) is 19.1 Å². The summed E-state index contributed by atoms with van der Waals surface area (Å²) in [6.07, 6.45) is 1.95. The van der Waals surface area contributed by atoms with Gasteiger partial charge in [-0.15, -0.1) is 0 Å². The number of fused-ring (bicyclic) bond motifs is 1. The average Bonchev–Trinajstić information content (AvgIpc) is 3.10. The van der Waals surface area contributed by atoms with Crippen LogP contribution in [0.15, 0.2) is 47.0 Å². The van der Waals surface area contributed by atoms with E-state index in [0.717, 1.165) is 18.5 Å². The summed E-state index contributed by atoms with van der Waals surface area (Å²) in [4.78, 5) is 19.3. The van der Waals surface area contributed by atoms with Gasteiger partial charge in [0.15, 0.2) is 6.61 Å². The minimum atomic E-state index is -0.0558. The van der Waals surface area contributed by atoms with Crippen molar-refractivity contribution in [3.8, 4) is 5.75 Å². The van der Waals surface area contributed by atoms with Crippen molar-refractivity contribution >= 4 is 11.6 Å². The zero-order chi connectivity index (χ0) is 18.8. The Morgan fingerprint density at radius 1 is 1.22 bits per heavy atom. The molecule has 2 aromatic carbocycles. The van der Waals surface area contributed by atoms with Crippen LogP contribution in [-0.4, -0.2) is 22.6 Å². The quantitative estimate of drug-likeness (QED) is 0.704. The summed E-state index contributed by atoms with van der Waals surface area (Å²) in [7, 11) is 0. The molecule has 27 heavy (non-hydrogen) atoms. The first kappa shape index (κ1) is 17.3. The molecule has 138 valence electrons. The number of nitrogens with zero attached hydrogens (tertiary/aromatic N) is 3. The number of aryl methyl sites for hydroxylation is 3. The monoisotopic (exact) mass is 363 g/mol. The van der Waals surface area contributed by atoms with Crippen molar-refractivity contribution in [1.82, 2.24) is 10.1 Å². The van der Waals surface area contributed by atoms with Crippen molar-refractivity contribution < 1.29 is 14.1 Å². The van der Waals surface area contributed by atoms with Crippen LogP contribution in [0.2, 0.25) is 0 Å². The number of benzene rings is 2. The third-order valence-corrected chi connectivity index (χ3v) is 4.64. The number of para-hydroxylation sites is 1. The lowest BCUT2D eigenvalue weighted by atomic mass is 9.98. The standard InChI is InChI=1S/C21H21N3O3/c1-14-9-10-18-16(12-14)6-5-11-24(18)21(25)17-7-3-4-8-19(17)26-13-20-22-15(2)27-23-20/h3-4,7-10,12H,5-6,11,13H2,1-2H3. The first-order valence-corrected chi connectivity index (χ1v) is 9.04. The third-order valence-electron chi connectivity index (χ3n) is 4.64. The van der Waals surface area contributed by atoms with Gasteiger partial charge in [0.25, 0.3) is 5.91 Å². The van der Waals surface area contributed by atoms with Gasteiger partial charge in [-0.25, -0.2) is 0 Å². The van der Waals surface area contributed by atoms with E-state index in [4.69, 9.17) is 9.26 Å². The van der Waals surface area contributed by atoms with E-state index in [1.165, 1.54) is 11.1 Å². The van der Waals surface area contributed by atoms with Crippen LogP contribution in [0.3, 0.4) is 0 Å². The normalized spacial score (nSPS) is 13.3. The summed E-state index contributed by atoms with van der Waals surface area (Å²) < 4.78 is 10.8. The van der Waals surface area contributed by atoms with Gasteiger partial charge in [0, 0.05) is 19.2 Å². The highest BCUT2D eigenvalue weighted by Gasteiger charge is 2.25. The van der Waals surface area contributed by atoms with Crippen LogP contribution in [0.25, 0.3) is 0 Å². The van der Waals surface area contributed by atoms with Gasteiger partial charge in [-0.2, -0.15) is 4.98 Å². The molecule has 6 nitrogen and oxygen atoms in total. The number of anilines is 1. The minimum Gasteiger partial charge on any atom is -0.485 e. The van der Waals surface area contributed by atoms with E-state index < -0.39 is 0 Å². The Morgan fingerprint density at radius 3 is 2.89 bits per heavy atom. The van der Waals surface area contributed by atoms with Crippen molar-refractivity contribution in [2.24, 2.45) is 0 Å². The van der Waals surface area contributed by atoms with Gasteiger partial charge in [0.2, 0.25) is 11.7 Å². The van der Waals surface area contributed by atoms with Crippen molar-refractivity contribution in [2.45, 2.75) is 33.3 Å². The van der Waals surface area contributed by atoms with Gasteiger partial charge in [0.1, 0.15) is 5.75 Å². The van der Waals surface area contributed by atoms with Crippen LogP contribution >= 0.6 is 0 Å². The molecule has 1 amide bonds. The fourth-order valence-corrected chi connectivity index (χ4v) is 3.39. The van der Waals surface area contributed by atoms with Crippen LogP contribution < -0.4 is 9.64 Å². The first-order valence-electron chi connectivity index (χ1n) is 9.04. The number of amides is 1. The molecule has 0 atom stereocenters. The van der Waals surface area contributed by atoms with Crippen molar-refractivity contribution in [2.75, 3.05) is 11.4 Å². The van der Waals surface area contributed by atoms with Gasteiger partial charge in [-0.3, -0.25) is 4.79 Å². The summed E-state index contributed by atoms with van der Waals surface area (Å²) in [5.74, 6) is 1.40. The van der Waals surface area contributed by atoms with Gasteiger partial charge in [-0.1, -0.05) is 35.0 Å². The molecule has 6 heteroatoms. The molecule has 4 rings (SSSR count). The van der Waals surface area contributed by atoms with E-state index in [-0.39, 0.29) is 12.5 Å². The largest absolute Gasteiger partial charge is 0.485 e. The third kappa shape index (κ3) is 3.56. The highest BCUT2D eigenvalue weighted by molar-refractivity contribution is 6.08. The summed E-state index contributed by atoms with van der Waals surface area (Å²) in [6.45, 7) is 4.65. The highest BCUT2D eigenvalue weighted by Crippen LogP contribution is 2.31. The fourth-order valence-electron chi connectivity index (χ4n) is 3.39. The molecule has 0 fully saturated rings. The number of aromatic nitrogens is 2. The Hall–Kier alpha value is -3.15. The van der Waals surface area contributed by atoms with Crippen molar-refractivity contribution in [3.05, 3.63) is 70.9 Å². The lowest BCUT2D eigenvalue weighted by Crippen LogP contribution is -2.35. The maximum Gasteiger partial charge on any atom is 0.262 e. The maximum atomic E-state index is 13.3. The Labute approximate surface area is 157 Å². The van der Waals surface area contributed by atoms with Crippen molar-refractivity contribution in [1.29, 1.82) is 0 Å². The van der Waals surface area contributed by atoms with Crippen LogP contribution in [0.1, 0.15) is 39.6 Å². The Morgan fingerprint density at radius 2 is 2.07 bits per heavy atom. The van der Waals surface area contributed by atoms with E-state index in [1.807, 2.05) is 29.2 Å². The number of hydrogen-bond donors (Lipinski definition) is 0. The first-order chi connectivity index (χ1) is 13.1. The topological polar surface area (TPSA) is 68.5 Å². The van der Waals surface area contributed by atoms with Gasteiger partial charge >= 0.3 is 0 Å². The summed E-state index contributed by atoms with van der Waals surface area (Å²) >= 11 is 0. The number of rotatable bonds is 4. The molecule has 3 aromatic rings. The molecular formula is C21H21N3O3. The zero-order valence-corrected chi connectivity index (χ0v) is 15.4. The number of hydrogen-bond acceptors (Lipinski definition) is 5. The molecule has 1 aromatic heterocycles. The van der Waals surface area contributed by atoms with Crippen LogP contribution in [0.4, 0.5) is 5.69 Å². The lowest BCUT2D eigenvalue weighted by Gasteiger charge is -2.30. The molecule has 0 radical (unpaired) electrons. The molecule has 0 bridgehead atoms. The lowest BCUT2D eigenvalue weighted by molar-refractivity contribution is 0.0980. The molecule has 1 aliphatic heterocycles. The van der Waals surface area contributed by atoms with Crippen LogP contribution in [0.5, 0.6) is 5.75 Å². The molecule has 0 unspecified atom stereocenters. The molecule has 0 N–H and O–H groups in total. The molecular weight excluding hydrogens is 342 g/mol. The molecule has 2 heterocycles. The summed E-state index contributed by atoms with van der Waals surface area (Å²) in [5.41, 5.74) is 3.95. The van der Waals surface area contributed by atoms with Crippen molar-refractivity contribution in [3.63, 3.8) is 0 Å². The maximum absolute atomic E-state index is 13.3. The molecule has 0 saturated heterocycles. The SMILES string of the molecule is Cc1ccc2c(c1)CCCN2C(=O)c1ccccc1OCc1noc(C)n1. The highest BCUT2D eigenvalue weighted by atomic mass is 16.5. The van der Waals surface area contributed by atoms with E-state index in [2.05, 4.69) is 23.1 Å². The number of ether oxygens (including phenoxy) is 1. The van der Waals surface area contributed by atoms with E-state index in [9.17, 15) is 4.79 Å².